The Morgan fingerprint density at radius 2 is 1.92 bits per heavy atom. The van der Waals surface area contributed by atoms with Crippen LogP contribution in [0.15, 0.2) is 24.3 Å². The average Bonchev–Trinajstić information content (AvgIpc) is 2.16. The van der Waals surface area contributed by atoms with Crippen LogP contribution >= 0.6 is 11.6 Å². The lowest BCUT2D eigenvalue weighted by Crippen LogP contribution is -2.05. The molecular weight excluding hydrogens is 184 g/mol. The first-order valence-electron chi connectivity index (χ1n) is 4.58. The second-order valence-corrected chi connectivity index (χ2v) is 3.59. The minimum atomic E-state index is 0.329. The van der Waals surface area contributed by atoms with Crippen molar-refractivity contribution in [3.8, 4) is 0 Å². The van der Waals surface area contributed by atoms with E-state index in [-0.39, 0.29) is 0 Å². The molecule has 0 radical (unpaired) electrons. The Balaban J connectivity index is 2.41. The Hall–Kier alpha value is -0.530. The number of hydrogen-bond acceptors (Lipinski definition) is 1. The van der Waals surface area contributed by atoms with Crippen LogP contribution < -0.4 is 0 Å². The van der Waals surface area contributed by atoms with Gasteiger partial charge in [0.2, 0.25) is 0 Å². The predicted octanol–water partition coefficient (Wildman–Crippen LogP) is 3.66. The van der Waals surface area contributed by atoms with E-state index in [9.17, 15) is 0 Å². The van der Waals surface area contributed by atoms with Crippen LogP contribution in [0.5, 0.6) is 0 Å². The lowest BCUT2D eigenvalue weighted by Gasteiger charge is -2.10. The first kappa shape index (κ1) is 10.6. The highest BCUT2D eigenvalue weighted by Crippen LogP contribution is 2.11. The third-order valence-electron chi connectivity index (χ3n) is 2.02. The molecular formula is C11H15ClO. The molecule has 0 aliphatic carbocycles. The van der Waals surface area contributed by atoms with Crippen molar-refractivity contribution in [3.05, 3.63) is 34.9 Å². The van der Waals surface area contributed by atoms with Crippen molar-refractivity contribution >= 4 is 11.6 Å². The predicted molar refractivity (Wildman–Crippen MR) is 56.0 cm³/mol. The Morgan fingerprint density at radius 3 is 2.46 bits per heavy atom. The van der Waals surface area contributed by atoms with Crippen molar-refractivity contribution in [1.29, 1.82) is 0 Å². The molecule has 1 aromatic rings. The molecule has 0 saturated carbocycles. The standard InChI is InChI=1S/C11H15ClO/c1-3-9(2)13-8-10-4-6-11(12)7-5-10/h4-7,9H,3,8H2,1-2H3. The number of rotatable bonds is 4. The molecule has 0 heterocycles. The first-order valence-corrected chi connectivity index (χ1v) is 4.96. The summed E-state index contributed by atoms with van der Waals surface area (Å²) in [6.07, 6.45) is 1.38. The first-order chi connectivity index (χ1) is 6.22. The molecule has 2 heteroatoms. The SMILES string of the molecule is CCC(C)OCc1ccc(Cl)cc1. The van der Waals surface area contributed by atoms with E-state index in [0.717, 1.165) is 11.4 Å². The van der Waals surface area contributed by atoms with Gasteiger partial charge in [0.15, 0.2) is 0 Å². The smallest absolute Gasteiger partial charge is 0.0720 e. The van der Waals surface area contributed by atoms with E-state index in [1.54, 1.807) is 0 Å². The number of benzene rings is 1. The largest absolute Gasteiger partial charge is 0.374 e. The van der Waals surface area contributed by atoms with E-state index in [0.29, 0.717) is 12.7 Å². The Labute approximate surface area is 84.7 Å². The van der Waals surface area contributed by atoms with Crippen LogP contribution in [-0.4, -0.2) is 6.10 Å². The average molecular weight is 199 g/mol. The van der Waals surface area contributed by atoms with Crippen LogP contribution in [0, 0.1) is 0 Å². The van der Waals surface area contributed by atoms with Crippen molar-refractivity contribution in [2.75, 3.05) is 0 Å². The molecule has 0 aromatic heterocycles. The zero-order valence-electron chi connectivity index (χ0n) is 8.09. The highest BCUT2D eigenvalue weighted by molar-refractivity contribution is 6.30. The third-order valence-corrected chi connectivity index (χ3v) is 2.27. The second kappa shape index (κ2) is 5.25. The van der Waals surface area contributed by atoms with E-state index in [1.165, 1.54) is 5.56 Å². The molecule has 0 N–H and O–H groups in total. The quantitative estimate of drug-likeness (QED) is 0.718. The number of ether oxygens (including phenoxy) is 1. The summed E-state index contributed by atoms with van der Waals surface area (Å²) in [5, 5.41) is 0.771. The van der Waals surface area contributed by atoms with Crippen LogP contribution in [0.3, 0.4) is 0 Å². The summed E-state index contributed by atoms with van der Waals surface area (Å²) in [7, 11) is 0. The molecule has 1 aromatic carbocycles. The fourth-order valence-corrected chi connectivity index (χ4v) is 1.06. The zero-order valence-corrected chi connectivity index (χ0v) is 8.84. The zero-order chi connectivity index (χ0) is 9.68. The highest BCUT2D eigenvalue weighted by Gasteiger charge is 1.98. The molecule has 0 aliphatic rings. The fraction of sp³-hybridized carbons (Fsp3) is 0.455. The van der Waals surface area contributed by atoms with Crippen LogP contribution in [0.4, 0.5) is 0 Å². The fourth-order valence-electron chi connectivity index (χ4n) is 0.937. The lowest BCUT2D eigenvalue weighted by molar-refractivity contribution is 0.0508. The van der Waals surface area contributed by atoms with Gasteiger partial charge in [0.05, 0.1) is 12.7 Å². The molecule has 1 rings (SSSR count). The topological polar surface area (TPSA) is 9.23 Å². The minimum Gasteiger partial charge on any atom is -0.374 e. The van der Waals surface area contributed by atoms with Crippen molar-refractivity contribution in [2.45, 2.75) is 33.0 Å². The summed E-state index contributed by atoms with van der Waals surface area (Å²) in [4.78, 5) is 0. The van der Waals surface area contributed by atoms with Crippen molar-refractivity contribution in [3.63, 3.8) is 0 Å². The molecule has 0 aliphatic heterocycles. The van der Waals surface area contributed by atoms with Gasteiger partial charge >= 0.3 is 0 Å². The van der Waals surface area contributed by atoms with Crippen molar-refractivity contribution < 1.29 is 4.74 Å². The molecule has 0 amide bonds. The van der Waals surface area contributed by atoms with E-state index in [2.05, 4.69) is 13.8 Å². The molecule has 0 spiro atoms. The van der Waals surface area contributed by atoms with E-state index >= 15 is 0 Å². The van der Waals surface area contributed by atoms with Gasteiger partial charge in [0, 0.05) is 5.02 Å². The van der Waals surface area contributed by atoms with Crippen molar-refractivity contribution in [2.24, 2.45) is 0 Å². The van der Waals surface area contributed by atoms with Crippen LogP contribution in [0.1, 0.15) is 25.8 Å². The summed E-state index contributed by atoms with van der Waals surface area (Å²) in [6, 6.07) is 7.75. The highest BCUT2D eigenvalue weighted by atomic mass is 35.5. The van der Waals surface area contributed by atoms with Crippen LogP contribution in [0.25, 0.3) is 0 Å². The Morgan fingerprint density at radius 1 is 1.31 bits per heavy atom. The van der Waals surface area contributed by atoms with E-state index in [4.69, 9.17) is 16.3 Å². The summed E-state index contributed by atoms with van der Waals surface area (Å²) < 4.78 is 5.57. The summed E-state index contributed by atoms with van der Waals surface area (Å²) >= 11 is 5.76. The van der Waals surface area contributed by atoms with Gasteiger partial charge in [-0.25, -0.2) is 0 Å². The van der Waals surface area contributed by atoms with Gasteiger partial charge in [-0.05, 0) is 31.0 Å². The molecule has 1 nitrogen and oxygen atoms in total. The third kappa shape index (κ3) is 3.79. The Kier molecular flexibility index (Phi) is 4.26. The van der Waals surface area contributed by atoms with E-state index < -0.39 is 0 Å². The Bertz CT molecular complexity index is 243. The summed E-state index contributed by atoms with van der Waals surface area (Å²) in [6.45, 7) is 4.87. The molecule has 1 atom stereocenters. The van der Waals surface area contributed by atoms with Gasteiger partial charge in [-0.2, -0.15) is 0 Å². The van der Waals surface area contributed by atoms with Gasteiger partial charge in [0.25, 0.3) is 0 Å². The molecule has 0 bridgehead atoms. The number of hydrogen-bond donors (Lipinski definition) is 0. The van der Waals surface area contributed by atoms with Gasteiger partial charge in [-0.15, -0.1) is 0 Å². The maximum atomic E-state index is 5.76. The van der Waals surface area contributed by atoms with Gasteiger partial charge < -0.3 is 4.74 Å². The molecule has 13 heavy (non-hydrogen) atoms. The second-order valence-electron chi connectivity index (χ2n) is 3.16. The van der Waals surface area contributed by atoms with Gasteiger partial charge in [-0.3, -0.25) is 0 Å². The summed E-state index contributed by atoms with van der Waals surface area (Å²) in [5.74, 6) is 0. The van der Waals surface area contributed by atoms with Crippen molar-refractivity contribution in [1.82, 2.24) is 0 Å². The maximum Gasteiger partial charge on any atom is 0.0720 e. The van der Waals surface area contributed by atoms with Gasteiger partial charge in [-0.1, -0.05) is 30.7 Å². The summed E-state index contributed by atoms with van der Waals surface area (Å²) in [5.41, 5.74) is 1.17. The lowest BCUT2D eigenvalue weighted by atomic mass is 10.2. The number of halogens is 1. The minimum absolute atomic E-state index is 0.329. The maximum absolute atomic E-state index is 5.76. The molecule has 72 valence electrons. The van der Waals surface area contributed by atoms with Crippen LogP contribution in [-0.2, 0) is 11.3 Å². The van der Waals surface area contributed by atoms with E-state index in [1.807, 2.05) is 24.3 Å². The monoisotopic (exact) mass is 198 g/mol. The molecule has 0 saturated heterocycles. The molecule has 1 unspecified atom stereocenters. The van der Waals surface area contributed by atoms with Gasteiger partial charge in [0.1, 0.15) is 0 Å². The van der Waals surface area contributed by atoms with Crippen LogP contribution in [0.2, 0.25) is 5.02 Å². The molecule has 0 fully saturated rings. The normalized spacial score (nSPS) is 12.8.